The van der Waals surface area contributed by atoms with Gasteiger partial charge in [-0.25, -0.2) is 0 Å². The first-order valence-electron chi connectivity index (χ1n) is 10.5. The second kappa shape index (κ2) is 7.65. The highest BCUT2D eigenvalue weighted by molar-refractivity contribution is 5.71. The van der Waals surface area contributed by atoms with E-state index in [-0.39, 0.29) is 5.92 Å². The molecule has 6 heteroatoms. The Bertz CT molecular complexity index is 977. The van der Waals surface area contributed by atoms with Gasteiger partial charge in [-0.15, -0.1) is 0 Å². The molecule has 154 valence electrons. The summed E-state index contributed by atoms with van der Waals surface area (Å²) < 4.78 is 13.3. The number of hydrogen-bond acceptors (Lipinski definition) is 5. The van der Waals surface area contributed by atoms with Gasteiger partial charge < -0.3 is 9.26 Å². The molecule has 0 N–H and O–H groups in total. The fourth-order valence-corrected chi connectivity index (χ4v) is 4.19. The van der Waals surface area contributed by atoms with Gasteiger partial charge in [-0.1, -0.05) is 43.8 Å². The number of aromatic nitrogens is 4. The van der Waals surface area contributed by atoms with Crippen molar-refractivity contribution in [2.45, 2.75) is 59.9 Å². The standard InChI is InChI=1S/C23H30N4O2/c1-6-27-19-14-23(4,5)13-12-18(19)20(25-27)22-24-21(26-29-22)17-10-8-16(9-11-17)15(3)28-7-2/h8,10-11,16H,3,6-7,9,12-14H2,1-2,4-5H3. The Morgan fingerprint density at radius 1 is 1.38 bits per heavy atom. The van der Waals surface area contributed by atoms with Gasteiger partial charge >= 0.3 is 0 Å². The number of hydrogen-bond donors (Lipinski definition) is 0. The molecule has 0 spiro atoms. The Morgan fingerprint density at radius 3 is 2.90 bits per heavy atom. The zero-order valence-electron chi connectivity index (χ0n) is 17.9. The first-order valence-corrected chi connectivity index (χ1v) is 10.5. The van der Waals surface area contributed by atoms with E-state index in [2.05, 4.69) is 54.3 Å². The molecule has 4 rings (SSSR count). The van der Waals surface area contributed by atoms with Gasteiger partial charge in [-0.05, 0) is 44.9 Å². The van der Waals surface area contributed by atoms with Crippen molar-refractivity contribution >= 4 is 5.57 Å². The summed E-state index contributed by atoms with van der Waals surface area (Å²) in [5.74, 6) is 2.11. The van der Waals surface area contributed by atoms with E-state index in [0.717, 1.165) is 49.3 Å². The summed E-state index contributed by atoms with van der Waals surface area (Å²) in [6.07, 6.45) is 10.2. The highest BCUT2D eigenvalue weighted by Gasteiger charge is 2.32. The summed E-state index contributed by atoms with van der Waals surface area (Å²) in [6, 6.07) is 0. The molecule has 1 atom stereocenters. The van der Waals surface area contributed by atoms with Crippen LogP contribution in [0.1, 0.15) is 57.6 Å². The summed E-state index contributed by atoms with van der Waals surface area (Å²) in [7, 11) is 0. The van der Waals surface area contributed by atoms with Gasteiger partial charge in [0.2, 0.25) is 5.82 Å². The normalized spacial score (nSPS) is 20.3. The Hall–Kier alpha value is -2.63. The first kappa shape index (κ1) is 19.7. The SMILES string of the molecule is C=C(OCC)C1C=CC(c2noc(-c3nn(CC)c4c3CCC(C)(C)C4)n2)=CC1. The van der Waals surface area contributed by atoms with Crippen LogP contribution in [0.5, 0.6) is 0 Å². The molecule has 2 heterocycles. The average Bonchev–Trinajstić information content (AvgIpc) is 3.32. The molecule has 29 heavy (non-hydrogen) atoms. The molecule has 0 amide bonds. The maximum absolute atomic E-state index is 5.64. The molecule has 1 unspecified atom stereocenters. The summed E-state index contributed by atoms with van der Waals surface area (Å²) in [5.41, 5.74) is 4.69. The Kier molecular flexibility index (Phi) is 5.19. The topological polar surface area (TPSA) is 66.0 Å². The lowest BCUT2D eigenvalue weighted by atomic mass is 9.76. The van der Waals surface area contributed by atoms with Crippen molar-refractivity contribution in [1.29, 1.82) is 0 Å². The molecule has 0 bridgehead atoms. The maximum atomic E-state index is 5.64. The first-order chi connectivity index (χ1) is 13.9. The molecular weight excluding hydrogens is 364 g/mol. The van der Waals surface area contributed by atoms with E-state index in [1.165, 1.54) is 11.3 Å². The Balaban J connectivity index is 1.58. The number of ether oxygens (including phenoxy) is 1. The smallest absolute Gasteiger partial charge is 0.279 e. The molecule has 0 saturated heterocycles. The molecule has 0 aromatic carbocycles. The third-order valence-electron chi connectivity index (χ3n) is 5.89. The van der Waals surface area contributed by atoms with E-state index in [9.17, 15) is 0 Å². The van der Waals surface area contributed by atoms with Crippen LogP contribution in [-0.4, -0.2) is 26.5 Å². The van der Waals surface area contributed by atoms with Gasteiger partial charge in [0, 0.05) is 29.3 Å². The molecular formula is C23H30N4O2. The van der Waals surface area contributed by atoms with Gasteiger partial charge in [-0.2, -0.15) is 10.1 Å². The van der Waals surface area contributed by atoms with E-state index in [0.29, 0.717) is 23.7 Å². The lowest BCUT2D eigenvalue weighted by molar-refractivity contribution is 0.204. The van der Waals surface area contributed by atoms with Crippen LogP contribution in [-0.2, 0) is 24.1 Å². The van der Waals surface area contributed by atoms with Crippen molar-refractivity contribution in [2.24, 2.45) is 11.3 Å². The number of allylic oxidation sites excluding steroid dienone is 4. The van der Waals surface area contributed by atoms with Crippen LogP contribution in [0.4, 0.5) is 0 Å². The van der Waals surface area contributed by atoms with Crippen LogP contribution in [0, 0.1) is 11.3 Å². The summed E-state index contributed by atoms with van der Waals surface area (Å²) in [6.45, 7) is 14.2. The fraction of sp³-hybridized carbons (Fsp3) is 0.522. The van der Waals surface area contributed by atoms with Crippen molar-refractivity contribution in [2.75, 3.05) is 6.61 Å². The van der Waals surface area contributed by atoms with Crippen molar-refractivity contribution < 1.29 is 9.26 Å². The van der Waals surface area contributed by atoms with Gasteiger partial charge in [0.25, 0.3) is 5.89 Å². The largest absolute Gasteiger partial charge is 0.498 e. The van der Waals surface area contributed by atoms with E-state index in [1.807, 2.05) is 13.0 Å². The predicted octanol–water partition coefficient (Wildman–Crippen LogP) is 4.98. The lowest BCUT2D eigenvalue weighted by Gasteiger charge is -2.30. The van der Waals surface area contributed by atoms with E-state index in [4.69, 9.17) is 14.4 Å². The van der Waals surface area contributed by atoms with Crippen molar-refractivity contribution in [3.05, 3.63) is 47.6 Å². The zero-order valence-corrected chi connectivity index (χ0v) is 17.9. The molecule has 0 saturated carbocycles. The molecule has 0 fully saturated rings. The van der Waals surface area contributed by atoms with Crippen LogP contribution in [0.25, 0.3) is 17.2 Å². The van der Waals surface area contributed by atoms with Crippen LogP contribution < -0.4 is 0 Å². The third-order valence-corrected chi connectivity index (χ3v) is 5.89. The zero-order chi connectivity index (χ0) is 20.6. The highest BCUT2D eigenvalue weighted by Crippen LogP contribution is 2.39. The Morgan fingerprint density at radius 2 is 2.21 bits per heavy atom. The van der Waals surface area contributed by atoms with Crippen LogP contribution >= 0.6 is 0 Å². The fourth-order valence-electron chi connectivity index (χ4n) is 4.19. The number of fused-ring (bicyclic) bond motifs is 1. The molecule has 0 radical (unpaired) electrons. The van der Waals surface area contributed by atoms with E-state index in [1.54, 1.807) is 0 Å². The molecule has 2 aliphatic carbocycles. The van der Waals surface area contributed by atoms with Crippen molar-refractivity contribution in [3.63, 3.8) is 0 Å². The minimum Gasteiger partial charge on any atom is -0.498 e. The lowest BCUT2D eigenvalue weighted by Crippen LogP contribution is -2.24. The summed E-state index contributed by atoms with van der Waals surface area (Å²) >= 11 is 0. The monoisotopic (exact) mass is 394 g/mol. The van der Waals surface area contributed by atoms with Gasteiger partial charge in [0.1, 0.15) is 0 Å². The molecule has 2 aromatic heterocycles. The number of rotatable bonds is 6. The van der Waals surface area contributed by atoms with Gasteiger partial charge in [-0.3, -0.25) is 4.68 Å². The van der Waals surface area contributed by atoms with E-state index < -0.39 is 0 Å². The van der Waals surface area contributed by atoms with Crippen LogP contribution in [0.15, 0.2) is 35.1 Å². The number of aryl methyl sites for hydroxylation is 1. The van der Waals surface area contributed by atoms with E-state index >= 15 is 0 Å². The number of nitrogens with zero attached hydrogens (tertiary/aromatic N) is 4. The molecule has 2 aliphatic rings. The van der Waals surface area contributed by atoms with Crippen LogP contribution in [0.3, 0.4) is 0 Å². The summed E-state index contributed by atoms with van der Waals surface area (Å²) in [5, 5.41) is 9.04. The van der Waals surface area contributed by atoms with Crippen LogP contribution in [0.2, 0.25) is 0 Å². The van der Waals surface area contributed by atoms with Crippen molar-refractivity contribution in [3.8, 4) is 11.6 Å². The minimum absolute atomic E-state index is 0.195. The Labute approximate surface area is 172 Å². The van der Waals surface area contributed by atoms with Gasteiger partial charge in [0.05, 0.1) is 12.4 Å². The predicted molar refractivity (Wildman–Crippen MR) is 113 cm³/mol. The van der Waals surface area contributed by atoms with Gasteiger partial charge in [0.15, 0.2) is 5.69 Å². The third kappa shape index (κ3) is 3.80. The second-order valence-corrected chi connectivity index (χ2v) is 8.61. The highest BCUT2D eigenvalue weighted by atomic mass is 16.5. The minimum atomic E-state index is 0.195. The molecule has 2 aromatic rings. The quantitative estimate of drug-likeness (QED) is 0.647. The van der Waals surface area contributed by atoms with Crippen molar-refractivity contribution in [1.82, 2.24) is 19.9 Å². The molecule has 6 nitrogen and oxygen atoms in total. The maximum Gasteiger partial charge on any atom is 0.279 e. The summed E-state index contributed by atoms with van der Waals surface area (Å²) in [4.78, 5) is 4.68. The molecule has 0 aliphatic heterocycles. The average molecular weight is 395 g/mol. The second-order valence-electron chi connectivity index (χ2n) is 8.61.